The van der Waals surface area contributed by atoms with Gasteiger partial charge in [-0.3, -0.25) is 0 Å². The van der Waals surface area contributed by atoms with Crippen LogP contribution in [-0.2, 0) is 21.3 Å². The summed E-state index contributed by atoms with van der Waals surface area (Å²) in [7, 11) is -3.36. The smallest absolute Gasteiger partial charge is 0.252 e. The van der Waals surface area contributed by atoms with E-state index in [-0.39, 0.29) is 0 Å². The average molecular weight is 276 g/mol. The first-order chi connectivity index (χ1) is 8.05. The summed E-state index contributed by atoms with van der Waals surface area (Å²) >= 11 is 1.26. The first-order valence-corrected chi connectivity index (χ1v) is 7.68. The fourth-order valence-corrected chi connectivity index (χ4v) is 4.76. The molecule has 2 rings (SSSR count). The minimum absolute atomic E-state index is 0.384. The average Bonchev–Trinajstić information content (AvgIpc) is 2.72. The number of aryl methyl sites for hydroxylation is 1. The highest BCUT2D eigenvalue weighted by molar-refractivity contribution is 7.91. The third kappa shape index (κ3) is 2.53. The Morgan fingerprint density at radius 1 is 1.47 bits per heavy atom. The number of nitrogens with two attached hydrogens (primary N) is 1. The first-order valence-electron chi connectivity index (χ1n) is 5.43. The van der Waals surface area contributed by atoms with Gasteiger partial charge >= 0.3 is 0 Å². The summed E-state index contributed by atoms with van der Waals surface area (Å²) in [6, 6.07) is 1.71. The Hall–Kier alpha value is -0.470. The van der Waals surface area contributed by atoms with Crippen molar-refractivity contribution < 1.29 is 13.2 Å². The van der Waals surface area contributed by atoms with Crippen molar-refractivity contribution in [1.29, 1.82) is 0 Å². The highest BCUT2D eigenvalue weighted by Crippen LogP contribution is 2.28. The van der Waals surface area contributed by atoms with E-state index in [1.165, 1.54) is 15.6 Å². The van der Waals surface area contributed by atoms with Crippen LogP contribution in [0.5, 0.6) is 0 Å². The van der Waals surface area contributed by atoms with Gasteiger partial charge in [-0.1, -0.05) is 0 Å². The molecular formula is C10H16N2O3S2. The van der Waals surface area contributed by atoms with Gasteiger partial charge in [-0.05, 0) is 18.6 Å². The van der Waals surface area contributed by atoms with Crippen LogP contribution in [0.3, 0.4) is 0 Å². The van der Waals surface area contributed by atoms with Gasteiger partial charge in [0.25, 0.3) is 10.0 Å². The second-order valence-electron chi connectivity index (χ2n) is 3.89. The summed E-state index contributed by atoms with van der Waals surface area (Å²) in [6.07, 6.45) is 0. The lowest BCUT2D eigenvalue weighted by Crippen LogP contribution is -2.40. The van der Waals surface area contributed by atoms with E-state index in [1.807, 2.05) is 6.92 Å². The lowest BCUT2D eigenvalue weighted by Gasteiger charge is -2.25. The molecule has 1 fully saturated rings. The second kappa shape index (κ2) is 5.03. The zero-order valence-electron chi connectivity index (χ0n) is 9.68. The molecular weight excluding hydrogens is 260 g/mol. The van der Waals surface area contributed by atoms with Crippen molar-refractivity contribution in [3.05, 3.63) is 16.5 Å². The lowest BCUT2D eigenvalue weighted by molar-refractivity contribution is 0.0731. The van der Waals surface area contributed by atoms with Gasteiger partial charge in [-0.15, -0.1) is 11.3 Å². The molecule has 2 heterocycles. The molecule has 2 N–H and O–H groups in total. The molecule has 0 atom stereocenters. The van der Waals surface area contributed by atoms with E-state index in [2.05, 4.69) is 0 Å². The topological polar surface area (TPSA) is 72.6 Å². The molecule has 17 heavy (non-hydrogen) atoms. The molecule has 1 aromatic rings. The fraction of sp³-hybridized carbons (Fsp3) is 0.600. The molecule has 0 saturated carbocycles. The summed E-state index contributed by atoms with van der Waals surface area (Å²) in [5, 5.41) is 0. The maximum atomic E-state index is 12.3. The summed E-state index contributed by atoms with van der Waals surface area (Å²) in [5.41, 5.74) is 6.52. The van der Waals surface area contributed by atoms with Gasteiger partial charge in [0.1, 0.15) is 4.21 Å². The maximum absolute atomic E-state index is 12.3. The monoisotopic (exact) mass is 276 g/mol. The van der Waals surface area contributed by atoms with Crippen molar-refractivity contribution in [1.82, 2.24) is 4.31 Å². The number of sulfonamides is 1. The van der Waals surface area contributed by atoms with Crippen molar-refractivity contribution >= 4 is 21.4 Å². The number of nitrogens with zero attached hydrogens (tertiary/aromatic N) is 1. The number of ether oxygens (including phenoxy) is 1. The third-order valence-electron chi connectivity index (χ3n) is 2.75. The number of rotatable bonds is 3. The van der Waals surface area contributed by atoms with Crippen LogP contribution in [0.4, 0.5) is 0 Å². The molecule has 0 bridgehead atoms. The molecule has 1 aliphatic rings. The Morgan fingerprint density at radius 2 is 2.12 bits per heavy atom. The third-order valence-corrected chi connectivity index (χ3v) is 6.35. The van der Waals surface area contributed by atoms with Crippen LogP contribution in [-0.4, -0.2) is 39.0 Å². The molecule has 0 spiro atoms. The normalized spacial score (nSPS) is 18.5. The number of morpholine rings is 1. The quantitative estimate of drug-likeness (QED) is 0.874. The molecule has 0 radical (unpaired) electrons. The van der Waals surface area contributed by atoms with Gasteiger partial charge in [0.2, 0.25) is 0 Å². The van der Waals surface area contributed by atoms with E-state index in [9.17, 15) is 8.42 Å². The van der Waals surface area contributed by atoms with Gasteiger partial charge in [-0.25, -0.2) is 8.42 Å². The minimum atomic E-state index is -3.36. The van der Waals surface area contributed by atoms with Crippen LogP contribution in [0, 0.1) is 6.92 Å². The fourth-order valence-electron chi connectivity index (χ4n) is 1.73. The summed E-state index contributed by atoms with van der Waals surface area (Å²) in [5.74, 6) is 0. The molecule has 1 aliphatic heterocycles. The van der Waals surface area contributed by atoms with E-state index in [0.29, 0.717) is 37.1 Å². The Labute approximate surface area is 105 Å². The Balaban J connectivity index is 2.30. The van der Waals surface area contributed by atoms with Crippen LogP contribution in [0.25, 0.3) is 0 Å². The van der Waals surface area contributed by atoms with Crippen LogP contribution < -0.4 is 5.73 Å². The molecule has 0 aromatic carbocycles. The molecule has 96 valence electrons. The molecule has 0 amide bonds. The van der Waals surface area contributed by atoms with E-state index in [4.69, 9.17) is 10.5 Å². The second-order valence-corrected chi connectivity index (χ2v) is 7.19. The van der Waals surface area contributed by atoms with Gasteiger partial charge in [0.05, 0.1) is 13.2 Å². The predicted molar refractivity (Wildman–Crippen MR) is 66.5 cm³/mol. The molecule has 1 aromatic heterocycles. The van der Waals surface area contributed by atoms with Crippen LogP contribution >= 0.6 is 11.3 Å². The number of hydrogen-bond acceptors (Lipinski definition) is 5. The summed E-state index contributed by atoms with van der Waals surface area (Å²) in [6.45, 7) is 4.06. The number of hydrogen-bond donors (Lipinski definition) is 1. The van der Waals surface area contributed by atoms with Crippen molar-refractivity contribution in [2.75, 3.05) is 26.3 Å². The zero-order valence-corrected chi connectivity index (χ0v) is 11.3. The summed E-state index contributed by atoms with van der Waals surface area (Å²) < 4.78 is 31.6. The van der Waals surface area contributed by atoms with Crippen molar-refractivity contribution in [2.45, 2.75) is 17.7 Å². The Morgan fingerprint density at radius 3 is 2.65 bits per heavy atom. The van der Waals surface area contributed by atoms with Gasteiger partial charge in [0, 0.05) is 24.5 Å². The van der Waals surface area contributed by atoms with E-state index < -0.39 is 10.0 Å². The van der Waals surface area contributed by atoms with Gasteiger partial charge in [-0.2, -0.15) is 4.31 Å². The zero-order chi connectivity index (χ0) is 12.5. The van der Waals surface area contributed by atoms with E-state index in [0.717, 1.165) is 10.4 Å². The van der Waals surface area contributed by atoms with Crippen molar-refractivity contribution in [2.24, 2.45) is 5.73 Å². The van der Waals surface area contributed by atoms with E-state index >= 15 is 0 Å². The van der Waals surface area contributed by atoms with E-state index in [1.54, 1.807) is 6.07 Å². The van der Waals surface area contributed by atoms with Gasteiger partial charge in [0.15, 0.2) is 0 Å². The van der Waals surface area contributed by atoms with Crippen LogP contribution in [0.1, 0.15) is 10.4 Å². The summed E-state index contributed by atoms with van der Waals surface area (Å²) in [4.78, 5) is 0.928. The Bertz CT molecular complexity index is 490. The standard InChI is InChI=1S/C10H16N2O3S2/c1-8-6-10(16-9(8)7-11)17(13,14)12-2-4-15-5-3-12/h6H,2-5,7,11H2,1H3. The van der Waals surface area contributed by atoms with Crippen LogP contribution in [0.15, 0.2) is 10.3 Å². The molecule has 0 aliphatic carbocycles. The minimum Gasteiger partial charge on any atom is -0.379 e. The van der Waals surface area contributed by atoms with Gasteiger partial charge < -0.3 is 10.5 Å². The molecule has 5 nitrogen and oxygen atoms in total. The largest absolute Gasteiger partial charge is 0.379 e. The first kappa shape index (κ1) is 13.0. The van der Waals surface area contributed by atoms with Crippen LogP contribution in [0.2, 0.25) is 0 Å². The lowest BCUT2D eigenvalue weighted by atomic mass is 10.3. The van der Waals surface area contributed by atoms with Crippen molar-refractivity contribution in [3.63, 3.8) is 0 Å². The highest BCUT2D eigenvalue weighted by Gasteiger charge is 2.28. The molecule has 7 heteroatoms. The Kier molecular flexibility index (Phi) is 3.84. The number of thiophene rings is 1. The maximum Gasteiger partial charge on any atom is 0.252 e. The van der Waals surface area contributed by atoms with Crippen molar-refractivity contribution in [3.8, 4) is 0 Å². The molecule has 0 unspecified atom stereocenters. The molecule has 1 saturated heterocycles. The highest BCUT2D eigenvalue weighted by atomic mass is 32.2. The predicted octanol–water partition coefficient (Wildman–Crippen LogP) is 0.536. The SMILES string of the molecule is Cc1cc(S(=O)(=O)N2CCOCC2)sc1CN.